The number of pyridine rings is 1. The molecular formula is C12H14N2O3S2. The Labute approximate surface area is 116 Å². The van der Waals surface area contributed by atoms with Crippen LogP contribution in [0.15, 0.2) is 27.8 Å². The smallest absolute Gasteiger partial charge is 0.271 e. The summed E-state index contributed by atoms with van der Waals surface area (Å²) in [5.41, 5.74) is 2.51. The number of aryl methyl sites for hydroxylation is 2. The lowest BCUT2D eigenvalue weighted by Gasteiger charge is -2.09. The Morgan fingerprint density at radius 3 is 2.68 bits per heavy atom. The van der Waals surface area contributed by atoms with Gasteiger partial charge in [-0.2, -0.15) is 0 Å². The lowest BCUT2D eigenvalue weighted by Crippen LogP contribution is -2.13. The zero-order valence-electron chi connectivity index (χ0n) is 10.5. The highest BCUT2D eigenvalue weighted by Crippen LogP contribution is 2.24. The molecule has 19 heavy (non-hydrogen) atoms. The summed E-state index contributed by atoms with van der Waals surface area (Å²) in [4.78, 5) is 4.21. The van der Waals surface area contributed by atoms with Gasteiger partial charge in [0.05, 0.1) is 18.0 Å². The molecule has 2 aromatic heterocycles. The van der Waals surface area contributed by atoms with E-state index in [1.165, 1.54) is 6.07 Å². The normalized spacial score (nSPS) is 11.5. The van der Waals surface area contributed by atoms with Gasteiger partial charge in [-0.25, -0.2) is 8.42 Å². The molecule has 0 fully saturated rings. The van der Waals surface area contributed by atoms with Crippen molar-refractivity contribution in [1.29, 1.82) is 0 Å². The highest BCUT2D eigenvalue weighted by Gasteiger charge is 2.18. The van der Waals surface area contributed by atoms with Gasteiger partial charge in [0.2, 0.25) is 0 Å². The highest BCUT2D eigenvalue weighted by molar-refractivity contribution is 7.94. The van der Waals surface area contributed by atoms with E-state index in [4.69, 9.17) is 5.11 Å². The summed E-state index contributed by atoms with van der Waals surface area (Å²) in [5.74, 6) is 0. The molecule has 0 aliphatic rings. The van der Waals surface area contributed by atoms with Gasteiger partial charge < -0.3 is 5.11 Å². The molecule has 0 unspecified atom stereocenters. The van der Waals surface area contributed by atoms with Gasteiger partial charge in [-0.05, 0) is 43.0 Å². The molecule has 2 heterocycles. The van der Waals surface area contributed by atoms with Crippen LogP contribution in [-0.4, -0.2) is 18.5 Å². The first kappa shape index (κ1) is 14.0. The standard InChI is InChI=1S/C12H14N2O3S2/c1-8-3-4-11(9(2)13-8)14-19(16,17)12-5-10(6-15)7-18-12/h3-5,7,14-15H,6H2,1-2H3. The first-order valence-corrected chi connectivity index (χ1v) is 7.94. The van der Waals surface area contributed by atoms with Gasteiger partial charge in [-0.15, -0.1) is 11.3 Å². The van der Waals surface area contributed by atoms with Crippen molar-refractivity contribution >= 4 is 27.0 Å². The topological polar surface area (TPSA) is 79.3 Å². The van der Waals surface area contributed by atoms with E-state index in [1.54, 1.807) is 24.4 Å². The second-order valence-electron chi connectivity index (χ2n) is 4.12. The summed E-state index contributed by atoms with van der Waals surface area (Å²) in [6.07, 6.45) is 0. The number of rotatable bonds is 4. The molecule has 0 radical (unpaired) electrons. The molecule has 0 spiro atoms. The zero-order chi connectivity index (χ0) is 14.0. The SMILES string of the molecule is Cc1ccc(NS(=O)(=O)c2cc(CO)cs2)c(C)n1. The van der Waals surface area contributed by atoms with Crippen LogP contribution < -0.4 is 4.72 Å². The number of aromatic nitrogens is 1. The van der Waals surface area contributed by atoms with Gasteiger partial charge in [0.1, 0.15) is 4.21 Å². The predicted octanol–water partition coefficient (Wildman–Crippen LogP) is 2.05. The van der Waals surface area contributed by atoms with E-state index in [0.29, 0.717) is 16.9 Å². The van der Waals surface area contributed by atoms with Crippen molar-refractivity contribution in [3.63, 3.8) is 0 Å². The minimum Gasteiger partial charge on any atom is -0.392 e. The molecule has 0 aliphatic heterocycles. The molecular weight excluding hydrogens is 284 g/mol. The monoisotopic (exact) mass is 298 g/mol. The minimum absolute atomic E-state index is 0.170. The van der Waals surface area contributed by atoms with Crippen molar-refractivity contribution in [3.8, 4) is 0 Å². The molecule has 102 valence electrons. The maximum absolute atomic E-state index is 12.2. The van der Waals surface area contributed by atoms with Gasteiger partial charge in [0, 0.05) is 5.69 Å². The lowest BCUT2D eigenvalue weighted by molar-refractivity contribution is 0.282. The zero-order valence-corrected chi connectivity index (χ0v) is 12.2. The molecule has 0 bridgehead atoms. The summed E-state index contributed by atoms with van der Waals surface area (Å²) in [7, 11) is -3.62. The summed E-state index contributed by atoms with van der Waals surface area (Å²) in [5, 5.41) is 10.6. The quantitative estimate of drug-likeness (QED) is 0.905. The van der Waals surface area contributed by atoms with Crippen LogP contribution in [-0.2, 0) is 16.6 Å². The summed E-state index contributed by atoms with van der Waals surface area (Å²) in [6.45, 7) is 3.42. The predicted molar refractivity (Wildman–Crippen MR) is 74.8 cm³/mol. The summed E-state index contributed by atoms with van der Waals surface area (Å²) >= 11 is 1.08. The Balaban J connectivity index is 2.30. The van der Waals surface area contributed by atoms with Crippen LogP contribution in [0.4, 0.5) is 5.69 Å². The second kappa shape index (κ2) is 5.28. The minimum atomic E-state index is -3.62. The number of nitrogens with one attached hydrogen (secondary N) is 1. The van der Waals surface area contributed by atoms with Gasteiger partial charge in [0.25, 0.3) is 10.0 Å². The summed E-state index contributed by atoms with van der Waals surface area (Å²) in [6, 6.07) is 4.90. The van der Waals surface area contributed by atoms with Crippen LogP contribution in [0.1, 0.15) is 17.0 Å². The maximum atomic E-state index is 12.2. The Morgan fingerprint density at radius 2 is 2.11 bits per heavy atom. The molecule has 7 heteroatoms. The Hall–Kier alpha value is -1.44. The number of thiophene rings is 1. The van der Waals surface area contributed by atoms with Gasteiger partial charge >= 0.3 is 0 Å². The third-order valence-corrected chi connectivity index (χ3v) is 5.40. The van der Waals surface area contributed by atoms with E-state index in [-0.39, 0.29) is 10.8 Å². The number of aliphatic hydroxyl groups is 1. The maximum Gasteiger partial charge on any atom is 0.271 e. The van der Waals surface area contributed by atoms with E-state index in [0.717, 1.165) is 17.0 Å². The number of anilines is 1. The second-order valence-corrected chi connectivity index (χ2v) is 6.94. The third kappa shape index (κ3) is 3.12. The Bertz CT molecular complexity index is 693. The van der Waals surface area contributed by atoms with Crippen LogP contribution in [0.3, 0.4) is 0 Å². The van der Waals surface area contributed by atoms with Crippen molar-refractivity contribution < 1.29 is 13.5 Å². The van der Waals surface area contributed by atoms with E-state index in [2.05, 4.69) is 9.71 Å². The first-order chi connectivity index (χ1) is 8.92. The first-order valence-electron chi connectivity index (χ1n) is 5.58. The third-order valence-electron chi connectivity index (χ3n) is 2.55. The number of nitrogens with zero attached hydrogens (tertiary/aromatic N) is 1. The lowest BCUT2D eigenvalue weighted by atomic mass is 10.3. The number of hydrogen-bond donors (Lipinski definition) is 2. The molecule has 5 nitrogen and oxygen atoms in total. The van der Waals surface area contributed by atoms with Crippen LogP contribution in [0, 0.1) is 13.8 Å². The fraction of sp³-hybridized carbons (Fsp3) is 0.250. The summed E-state index contributed by atoms with van der Waals surface area (Å²) < 4.78 is 27.0. The molecule has 0 saturated carbocycles. The largest absolute Gasteiger partial charge is 0.392 e. The van der Waals surface area contributed by atoms with Gasteiger partial charge in [-0.1, -0.05) is 0 Å². The van der Waals surface area contributed by atoms with Crippen LogP contribution >= 0.6 is 11.3 Å². The van der Waals surface area contributed by atoms with Crippen molar-refractivity contribution in [1.82, 2.24) is 4.98 Å². The van der Waals surface area contributed by atoms with Crippen LogP contribution in [0.2, 0.25) is 0 Å². The van der Waals surface area contributed by atoms with Crippen LogP contribution in [0.5, 0.6) is 0 Å². The Kier molecular flexibility index (Phi) is 3.88. The highest BCUT2D eigenvalue weighted by atomic mass is 32.2. The van der Waals surface area contributed by atoms with E-state index in [9.17, 15) is 8.42 Å². The molecule has 0 saturated heterocycles. The fourth-order valence-electron chi connectivity index (χ4n) is 1.57. The fourth-order valence-corrected chi connectivity index (χ4v) is 3.88. The van der Waals surface area contributed by atoms with E-state index in [1.807, 2.05) is 6.92 Å². The number of sulfonamides is 1. The number of aliphatic hydroxyl groups excluding tert-OH is 1. The number of hydrogen-bond acceptors (Lipinski definition) is 5. The average molecular weight is 298 g/mol. The van der Waals surface area contributed by atoms with Gasteiger partial charge in [-0.3, -0.25) is 9.71 Å². The molecule has 0 atom stereocenters. The molecule has 0 aliphatic carbocycles. The van der Waals surface area contributed by atoms with E-state index >= 15 is 0 Å². The van der Waals surface area contributed by atoms with Gasteiger partial charge in [0.15, 0.2) is 0 Å². The average Bonchev–Trinajstić information content (AvgIpc) is 2.82. The van der Waals surface area contributed by atoms with Crippen molar-refractivity contribution in [3.05, 3.63) is 40.5 Å². The van der Waals surface area contributed by atoms with Crippen molar-refractivity contribution in [2.75, 3.05) is 4.72 Å². The molecule has 2 N–H and O–H groups in total. The van der Waals surface area contributed by atoms with Crippen molar-refractivity contribution in [2.24, 2.45) is 0 Å². The molecule has 2 rings (SSSR count). The Morgan fingerprint density at radius 1 is 1.37 bits per heavy atom. The van der Waals surface area contributed by atoms with Crippen LogP contribution in [0.25, 0.3) is 0 Å². The molecule has 0 aromatic carbocycles. The van der Waals surface area contributed by atoms with Crippen molar-refractivity contribution in [2.45, 2.75) is 24.7 Å². The molecule has 0 amide bonds. The molecule has 2 aromatic rings. The van der Waals surface area contributed by atoms with E-state index < -0.39 is 10.0 Å².